The van der Waals surface area contributed by atoms with Gasteiger partial charge >= 0.3 is 0 Å². The molecule has 3 unspecified atom stereocenters. The Morgan fingerprint density at radius 2 is 1.88 bits per heavy atom. The van der Waals surface area contributed by atoms with Gasteiger partial charge in [0, 0.05) is 30.7 Å². The largest absolute Gasteiger partial charge is 0.338 e. The summed E-state index contributed by atoms with van der Waals surface area (Å²) in [6.45, 7) is 5.00. The summed E-state index contributed by atoms with van der Waals surface area (Å²) in [5.41, 5.74) is 6.64. The molecule has 7 heteroatoms. The molecule has 3 rings (SSSR count). The van der Waals surface area contributed by atoms with Crippen molar-refractivity contribution in [3.05, 3.63) is 29.8 Å². The summed E-state index contributed by atoms with van der Waals surface area (Å²) in [6.07, 6.45) is 2.14. The number of likely N-dealkylation sites (tertiary alicyclic amines) is 1. The minimum atomic E-state index is -3.53. The first-order valence-corrected chi connectivity index (χ1v) is 9.93. The maximum absolute atomic E-state index is 12.6. The Morgan fingerprint density at radius 1 is 1.21 bits per heavy atom. The van der Waals surface area contributed by atoms with Crippen molar-refractivity contribution in [3.8, 4) is 0 Å². The SMILES string of the molecule is CC(C)NS(=O)(=O)c1ccc(C(=O)N2CC3CCC(N)C3C2)cc1. The molecule has 132 valence electrons. The molecule has 1 heterocycles. The molecule has 0 radical (unpaired) electrons. The molecule has 0 spiro atoms. The Bertz CT molecular complexity index is 715. The second kappa shape index (κ2) is 6.46. The van der Waals surface area contributed by atoms with E-state index < -0.39 is 10.0 Å². The van der Waals surface area contributed by atoms with Crippen molar-refractivity contribution in [1.82, 2.24) is 9.62 Å². The van der Waals surface area contributed by atoms with Crippen LogP contribution in [0.2, 0.25) is 0 Å². The van der Waals surface area contributed by atoms with E-state index in [0.717, 1.165) is 19.4 Å². The molecular formula is C17H25N3O3S. The molecule has 1 aliphatic heterocycles. The lowest BCUT2D eigenvalue weighted by Gasteiger charge is -2.19. The maximum Gasteiger partial charge on any atom is 0.253 e. The van der Waals surface area contributed by atoms with Gasteiger partial charge in [0.05, 0.1) is 4.90 Å². The van der Waals surface area contributed by atoms with Crippen LogP contribution < -0.4 is 10.5 Å². The fraction of sp³-hybridized carbons (Fsp3) is 0.588. The number of benzene rings is 1. The van der Waals surface area contributed by atoms with Crippen molar-refractivity contribution in [2.45, 2.75) is 43.7 Å². The van der Waals surface area contributed by atoms with E-state index in [-0.39, 0.29) is 22.9 Å². The molecule has 6 nitrogen and oxygen atoms in total. The average molecular weight is 351 g/mol. The van der Waals surface area contributed by atoms with Crippen LogP contribution >= 0.6 is 0 Å². The van der Waals surface area contributed by atoms with E-state index in [2.05, 4.69) is 4.72 Å². The van der Waals surface area contributed by atoms with Crippen LogP contribution in [0, 0.1) is 11.8 Å². The maximum atomic E-state index is 12.6. The van der Waals surface area contributed by atoms with E-state index >= 15 is 0 Å². The Balaban J connectivity index is 1.71. The second-order valence-electron chi connectivity index (χ2n) is 7.18. The van der Waals surface area contributed by atoms with Gasteiger partial charge in [-0.15, -0.1) is 0 Å². The summed E-state index contributed by atoms with van der Waals surface area (Å²) >= 11 is 0. The van der Waals surface area contributed by atoms with Crippen molar-refractivity contribution < 1.29 is 13.2 Å². The number of hydrogen-bond acceptors (Lipinski definition) is 4. The smallest absolute Gasteiger partial charge is 0.253 e. The van der Waals surface area contributed by atoms with Crippen molar-refractivity contribution in [2.75, 3.05) is 13.1 Å². The normalized spacial score (nSPS) is 26.8. The number of nitrogens with one attached hydrogen (secondary N) is 1. The van der Waals surface area contributed by atoms with Crippen LogP contribution in [0.25, 0.3) is 0 Å². The molecule has 2 fully saturated rings. The van der Waals surface area contributed by atoms with Crippen molar-refractivity contribution >= 4 is 15.9 Å². The lowest BCUT2D eigenvalue weighted by molar-refractivity contribution is 0.0779. The van der Waals surface area contributed by atoms with Crippen molar-refractivity contribution in [3.63, 3.8) is 0 Å². The summed E-state index contributed by atoms with van der Waals surface area (Å²) in [5.74, 6) is 0.875. The fourth-order valence-electron chi connectivity index (χ4n) is 3.81. The third-order valence-corrected chi connectivity index (χ3v) is 6.68. The summed E-state index contributed by atoms with van der Waals surface area (Å²) in [5, 5.41) is 0. The van der Waals surface area contributed by atoms with Gasteiger partial charge in [-0.2, -0.15) is 0 Å². The van der Waals surface area contributed by atoms with Crippen molar-refractivity contribution in [2.24, 2.45) is 17.6 Å². The average Bonchev–Trinajstić information content (AvgIpc) is 3.08. The second-order valence-corrected chi connectivity index (χ2v) is 8.89. The van der Waals surface area contributed by atoms with Crippen LogP contribution in [0.3, 0.4) is 0 Å². The van der Waals surface area contributed by atoms with Crippen LogP contribution in [0.4, 0.5) is 0 Å². The molecule has 1 aromatic rings. The van der Waals surface area contributed by atoms with Crippen LogP contribution in [-0.2, 0) is 10.0 Å². The number of hydrogen-bond donors (Lipinski definition) is 2. The number of sulfonamides is 1. The zero-order chi connectivity index (χ0) is 17.5. The van der Waals surface area contributed by atoms with Crippen molar-refractivity contribution in [1.29, 1.82) is 0 Å². The zero-order valence-electron chi connectivity index (χ0n) is 14.1. The molecule has 3 atom stereocenters. The molecule has 1 aliphatic carbocycles. The third-order valence-electron chi connectivity index (χ3n) is 5.00. The first kappa shape index (κ1) is 17.4. The van der Waals surface area contributed by atoms with Crippen LogP contribution in [-0.4, -0.2) is 44.4 Å². The van der Waals surface area contributed by atoms with E-state index in [1.165, 1.54) is 12.1 Å². The molecule has 1 saturated heterocycles. The van der Waals surface area contributed by atoms with E-state index in [1.54, 1.807) is 26.0 Å². The minimum Gasteiger partial charge on any atom is -0.338 e. The molecule has 0 bridgehead atoms. The molecule has 1 amide bonds. The highest BCUT2D eigenvalue weighted by Gasteiger charge is 2.42. The molecule has 3 N–H and O–H groups in total. The Hall–Kier alpha value is -1.44. The zero-order valence-corrected chi connectivity index (χ0v) is 14.9. The fourth-order valence-corrected chi connectivity index (χ4v) is 5.06. The van der Waals surface area contributed by atoms with Gasteiger partial charge in [-0.25, -0.2) is 13.1 Å². The molecule has 24 heavy (non-hydrogen) atoms. The van der Waals surface area contributed by atoms with Crippen LogP contribution in [0.1, 0.15) is 37.0 Å². The highest BCUT2D eigenvalue weighted by Crippen LogP contribution is 2.37. The number of fused-ring (bicyclic) bond motifs is 1. The van der Waals surface area contributed by atoms with Gasteiger partial charge in [0.25, 0.3) is 5.91 Å². The number of carbonyl (C=O) groups excluding carboxylic acids is 1. The minimum absolute atomic E-state index is 0.0441. The molecular weight excluding hydrogens is 326 g/mol. The number of amides is 1. The first-order valence-electron chi connectivity index (χ1n) is 8.45. The monoisotopic (exact) mass is 351 g/mol. The summed E-state index contributed by atoms with van der Waals surface area (Å²) in [7, 11) is -3.53. The van der Waals surface area contributed by atoms with E-state index in [0.29, 0.717) is 23.9 Å². The standard InChI is InChI=1S/C17H25N3O3S/c1-11(2)19-24(22,23)14-6-3-12(4-7-14)17(21)20-9-13-5-8-16(18)15(13)10-20/h3-4,6-7,11,13,15-16,19H,5,8-10,18H2,1-2H3. The predicted molar refractivity (Wildman–Crippen MR) is 92.0 cm³/mol. The highest BCUT2D eigenvalue weighted by atomic mass is 32.2. The number of nitrogens with two attached hydrogens (primary N) is 1. The Morgan fingerprint density at radius 3 is 2.46 bits per heavy atom. The lowest BCUT2D eigenvalue weighted by atomic mass is 9.98. The number of carbonyl (C=O) groups is 1. The van der Waals surface area contributed by atoms with Gasteiger partial charge in [-0.1, -0.05) is 0 Å². The molecule has 1 aromatic carbocycles. The predicted octanol–water partition coefficient (Wildman–Crippen LogP) is 1.18. The summed E-state index contributed by atoms with van der Waals surface area (Å²) in [4.78, 5) is 14.7. The summed E-state index contributed by atoms with van der Waals surface area (Å²) in [6, 6.07) is 6.17. The van der Waals surface area contributed by atoms with Gasteiger partial charge in [0.15, 0.2) is 0 Å². The van der Waals surface area contributed by atoms with Gasteiger partial charge in [-0.3, -0.25) is 4.79 Å². The number of nitrogens with zero attached hydrogens (tertiary/aromatic N) is 1. The van der Waals surface area contributed by atoms with E-state index in [9.17, 15) is 13.2 Å². The van der Waals surface area contributed by atoms with E-state index in [4.69, 9.17) is 5.73 Å². The first-order chi connectivity index (χ1) is 11.3. The number of rotatable bonds is 4. The molecule has 0 aromatic heterocycles. The van der Waals surface area contributed by atoms with Gasteiger partial charge in [0.1, 0.15) is 0 Å². The van der Waals surface area contributed by atoms with E-state index in [1.807, 2.05) is 4.90 Å². The molecule has 1 saturated carbocycles. The quantitative estimate of drug-likeness (QED) is 0.852. The highest BCUT2D eigenvalue weighted by molar-refractivity contribution is 7.89. The van der Waals surface area contributed by atoms with Gasteiger partial charge in [-0.05, 0) is 62.8 Å². The Kier molecular flexibility index (Phi) is 4.68. The topological polar surface area (TPSA) is 92.5 Å². The van der Waals surface area contributed by atoms with Gasteiger partial charge in [0.2, 0.25) is 10.0 Å². The lowest BCUT2D eigenvalue weighted by Crippen LogP contribution is -2.33. The van der Waals surface area contributed by atoms with Crippen LogP contribution in [0.5, 0.6) is 0 Å². The van der Waals surface area contributed by atoms with Gasteiger partial charge < -0.3 is 10.6 Å². The third kappa shape index (κ3) is 3.34. The Labute approximate surface area is 143 Å². The molecule has 2 aliphatic rings. The van der Waals surface area contributed by atoms with Crippen LogP contribution in [0.15, 0.2) is 29.2 Å². The summed E-state index contributed by atoms with van der Waals surface area (Å²) < 4.78 is 26.8.